The van der Waals surface area contributed by atoms with Gasteiger partial charge in [-0.25, -0.2) is 17.5 Å². The van der Waals surface area contributed by atoms with Gasteiger partial charge in [-0.2, -0.15) is 0 Å². The quantitative estimate of drug-likeness (QED) is 0.771. The van der Waals surface area contributed by atoms with Crippen LogP contribution >= 0.6 is 0 Å². The summed E-state index contributed by atoms with van der Waals surface area (Å²) in [5.74, 6) is -2.21. The molecule has 0 aliphatic rings. The SMILES string of the molecule is CC[C@@H](NC(=O)c1ccc(S(=O)(=O)N(C)C)o1)C(=O)O. The highest BCUT2D eigenvalue weighted by Gasteiger charge is 2.25. The number of rotatable bonds is 6. The van der Waals surface area contributed by atoms with E-state index in [2.05, 4.69) is 5.32 Å². The van der Waals surface area contributed by atoms with E-state index in [9.17, 15) is 18.0 Å². The molecule has 0 aromatic carbocycles. The van der Waals surface area contributed by atoms with Gasteiger partial charge >= 0.3 is 5.97 Å². The highest BCUT2D eigenvalue weighted by Crippen LogP contribution is 2.16. The van der Waals surface area contributed by atoms with Crippen molar-refractivity contribution in [2.45, 2.75) is 24.5 Å². The molecule has 0 saturated carbocycles. The van der Waals surface area contributed by atoms with Crippen molar-refractivity contribution in [2.75, 3.05) is 14.1 Å². The molecule has 1 amide bonds. The highest BCUT2D eigenvalue weighted by molar-refractivity contribution is 7.88. The Balaban J connectivity index is 2.93. The molecule has 20 heavy (non-hydrogen) atoms. The standard InChI is InChI=1S/C11H16N2O6S/c1-4-7(11(15)16)12-10(14)8-5-6-9(19-8)20(17,18)13(2)3/h5-7H,4H2,1-3H3,(H,12,14)(H,15,16)/t7-/m1/s1. The molecule has 0 aliphatic carbocycles. The van der Waals surface area contributed by atoms with Gasteiger partial charge in [-0.05, 0) is 18.6 Å². The Hall–Kier alpha value is -1.87. The molecule has 0 saturated heterocycles. The van der Waals surface area contributed by atoms with Crippen molar-refractivity contribution in [3.05, 3.63) is 17.9 Å². The van der Waals surface area contributed by atoms with Gasteiger partial charge in [0.15, 0.2) is 5.76 Å². The maximum Gasteiger partial charge on any atom is 0.326 e. The van der Waals surface area contributed by atoms with Crippen LogP contribution in [0.25, 0.3) is 0 Å². The minimum absolute atomic E-state index is 0.199. The Labute approximate surface area is 116 Å². The smallest absolute Gasteiger partial charge is 0.326 e. The van der Waals surface area contributed by atoms with Crippen LogP contribution in [-0.4, -0.2) is 49.8 Å². The third-order valence-electron chi connectivity index (χ3n) is 2.55. The summed E-state index contributed by atoms with van der Waals surface area (Å²) in [6.07, 6.45) is 0.199. The predicted octanol–water partition coefficient (Wildman–Crippen LogP) is 0.123. The van der Waals surface area contributed by atoms with Crippen LogP contribution < -0.4 is 5.32 Å². The first-order valence-electron chi connectivity index (χ1n) is 5.76. The third-order valence-corrected chi connectivity index (χ3v) is 4.24. The minimum atomic E-state index is -3.77. The molecule has 1 rings (SSSR count). The van der Waals surface area contributed by atoms with Crippen LogP contribution in [0.3, 0.4) is 0 Å². The molecule has 8 nitrogen and oxygen atoms in total. The van der Waals surface area contributed by atoms with Crippen molar-refractivity contribution in [3.8, 4) is 0 Å². The Morgan fingerprint density at radius 1 is 1.40 bits per heavy atom. The molecule has 0 aliphatic heterocycles. The summed E-state index contributed by atoms with van der Waals surface area (Å²) in [5.41, 5.74) is 0. The number of amides is 1. The molecule has 0 spiro atoms. The van der Waals surface area contributed by atoms with Crippen LogP contribution in [0.15, 0.2) is 21.6 Å². The fourth-order valence-electron chi connectivity index (χ4n) is 1.33. The summed E-state index contributed by atoms with van der Waals surface area (Å²) in [5, 5.41) is 10.7. The number of carbonyl (C=O) groups is 2. The van der Waals surface area contributed by atoms with Crippen LogP contribution in [0, 0.1) is 0 Å². The van der Waals surface area contributed by atoms with E-state index >= 15 is 0 Å². The van der Waals surface area contributed by atoms with Crippen molar-refractivity contribution in [1.82, 2.24) is 9.62 Å². The lowest BCUT2D eigenvalue weighted by Crippen LogP contribution is -2.40. The first-order valence-corrected chi connectivity index (χ1v) is 7.20. The van der Waals surface area contributed by atoms with Crippen LogP contribution in [-0.2, 0) is 14.8 Å². The number of carboxylic acid groups (broad SMARTS) is 1. The molecule has 0 unspecified atom stereocenters. The average Bonchev–Trinajstić information content (AvgIpc) is 2.85. The van der Waals surface area contributed by atoms with Gasteiger partial charge in [0.25, 0.3) is 15.9 Å². The van der Waals surface area contributed by atoms with Crippen molar-refractivity contribution >= 4 is 21.9 Å². The summed E-state index contributed by atoms with van der Waals surface area (Å²) >= 11 is 0. The van der Waals surface area contributed by atoms with E-state index in [0.717, 1.165) is 10.4 Å². The van der Waals surface area contributed by atoms with Gasteiger partial charge < -0.3 is 14.8 Å². The Morgan fingerprint density at radius 2 is 2.00 bits per heavy atom. The molecule has 1 aromatic heterocycles. The van der Waals surface area contributed by atoms with Crippen molar-refractivity contribution in [2.24, 2.45) is 0 Å². The number of nitrogens with zero attached hydrogens (tertiary/aromatic N) is 1. The molecular formula is C11H16N2O6S. The number of furan rings is 1. The topological polar surface area (TPSA) is 117 Å². The maximum atomic E-state index is 11.8. The lowest BCUT2D eigenvalue weighted by Gasteiger charge is -2.11. The van der Waals surface area contributed by atoms with Crippen LogP contribution in [0.4, 0.5) is 0 Å². The molecule has 0 fully saturated rings. The number of aliphatic carboxylic acids is 1. The van der Waals surface area contributed by atoms with Crippen LogP contribution in [0.1, 0.15) is 23.9 Å². The normalized spacial score (nSPS) is 13.2. The minimum Gasteiger partial charge on any atom is -0.480 e. The fraction of sp³-hybridized carbons (Fsp3) is 0.455. The average molecular weight is 304 g/mol. The van der Waals surface area contributed by atoms with Gasteiger partial charge in [0, 0.05) is 14.1 Å². The fourth-order valence-corrected chi connectivity index (χ4v) is 2.12. The van der Waals surface area contributed by atoms with Gasteiger partial charge in [-0.15, -0.1) is 0 Å². The first kappa shape index (κ1) is 16.2. The van der Waals surface area contributed by atoms with Crippen LogP contribution in [0.2, 0.25) is 0 Å². The summed E-state index contributed by atoms with van der Waals surface area (Å²) in [6.45, 7) is 1.60. The second-order valence-electron chi connectivity index (χ2n) is 4.18. The molecule has 1 heterocycles. The molecule has 2 N–H and O–H groups in total. The number of hydrogen-bond acceptors (Lipinski definition) is 5. The molecule has 9 heteroatoms. The van der Waals surface area contributed by atoms with Crippen molar-refractivity contribution < 1.29 is 27.5 Å². The zero-order valence-electron chi connectivity index (χ0n) is 11.3. The molecule has 0 bridgehead atoms. The van der Waals surface area contributed by atoms with E-state index in [1.54, 1.807) is 6.92 Å². The Kier molecular flexibility index (Phi) is 4.90. The van der Waals surface area contributed by atoms with E-state index in [-0.39, 0.29) is 17.3 Å². The molecule has 0 radical (unpaired) electrons. The van der Waals surface area contributed by atoms with Crippen molar-refractivity contribution in [1.29, 1.82) is 0 Å². The summed E-state index contributed by atoms with van der Waals surface area (Å²) in [4.78, 5) is 22.6. The second kappa shape index (κ2) is 6.06. The highest BCUT2D eigenvalue weighted by atomic mass is 32.2. The van der Waals surface area contributed by atoms with Gasteiger partial charge in [0.2, 0.25) is 5.09 Å². The van der Waals surface area contributed by atoms with Gasteiger partial charge in [-0.1, -0.05) is 6.92 Å². The number of nitrogens with one attached hydrogen (secondary N) is 1. The zero-order chi connectivity index (χ0) is 15.5. The van der Waals surface area contributed by atoms with E-state index in [1.165, 1.54) is 20.2 Å². The third kappa shape index (κ3) is 3.36. The second-order valence-corrected chi connectivity index (χ2v) is 6.26. The van der Waals surface area contributed by atoms with Gasteiger partial charge in [0.1, 0.15) is 6.04 Å². The lowest BCUT2D eigenvalue weighted by atomic mass is 10.2. The molecule has 1 aromatic rings. The van der Waals surface area contributed by atoms with Crippen molar-refractivity contribution in [3.63, 3.8) is 0 Å². The molecular weight excluding hydrogens is 288 g/mol. The number of carboxylic acids is 1. The van der Waals surface area contributed by atoms with Gasteiger partial charge in [0.05, 0.1) is 0 Å². The van der Waals surface area contributed by atoms with E-state index in [1.807, 2.05) is 0 Å². The van der Waals surface area contributed by atoms with Crippen LogP contribution in [0.5, 0.6) is 0 Å². The number of sulfonamides is 1. The summed E-state index contributed by atoms with van der Waals surface area (Å²) in [6, 6.07) is 1.27. The summed E-state index contributed by atoms with van der Waals surface area (Å²) < 4.78 is 29.4. The Bertz CT molecular complexity index is 604. The van der Waals surface area contributed by atoms with E-state index in [0.29, 0.717) is 0 Å². The number of carbonyl (C=O) groups excluding carboxylic acids is 1. The molecule has 1 atom stereocenters. The lowest BCUT2D eigenvalue weighted by molar-refractivity contribution is -0.139. The monoisotopic (exact) mass is 304 g/mol. The molecule has 112 valence electrons. The largest absolute Gasteiger partial charge is 0.480 e. The zero-order valence-corrected chi connectivity index (χ0v) is 12.1. The van der Waals surface area contributed by atoms with E-state index < -0.39 is 27.9 Å². The maximum absolute atomic E-state index is 11.8. The van der Waals surface area contributed by atoms with Gasteiger partial charge in [-0.3, -0.25) is 4.79 Å². The van der Waals surface area contributed by atoms with E-state index in [4.69, 9.17) is 9.52 Å². The number of hydrogen-bond donors (Lipinski definition) is 2. The first-order chi connectivity index (χ1) is 9.20. The summed E-state index contributed by atoms with van der Waals surface area (Å²) in [7, 11) is -1.11. The Morgan fingerprint density at radius 3 is 2.45 bits per heavy atom. The predicted molar refractivity (Wildman–Crippen MR) is 68.8 cm³/mol.